The van der Waals surface area contributed by atoms with Crippen LogP contribution < -0.4 is 4.90 Å². The molecule has 0 N–H and O–H groups in total. The molecule has 0 saturated heterocycles. The molecule has 1 aliphatic carbocycles. The molecular weight excluding hydrogens is 256 g/mol. The van der Waals surface area contributed by atoms with Gasteiger partial charge in [-0.2, -0.15) is 5.26 Å². The molecule has 0 unspecified atom stereocenters. The van der Waals surface area contributed by atoms with Gasteiger partial charge in [-0.3, -0.25) is 4.79 Å². The van der Waals surface area contributed by atoms with Gasteiger partial charge < -0.3 is 4.90 Å². The number of benzene rings is 1. The van der Waals surface area contributed by atoms with E-state index in [0.717, 1.165) is 23.5 Å². The lowest BCUT2D eigenvalue weighted by Gasteiger charge is -2.29. The minimum atomic E-state index is 0.261. The number of amides is 1. The third kappa shape index (κ3) is 2.76. The van der Waals surface area contributed by atoms with Crippen LogP contribution >= 0.6 is 11.8 Å². The summed E-state index contributed by atoms with van der Waals surface area (Å²) in [5.74, 6) is 1.45. The number of nitrogens with zero attached hydrogens (tertiary/aromatic N) is 2. The second-order valence-corrected chi connectivity index (χ2v) is 6.23. The van der Waals surface area contributed by atoms with Crippen molar-refractivity contribution < 1.29 is 4.79 Å². The van der Waals surface area contributed by atoms with Gasteiger partial charge in [-0.25, -0.2) is 0 Å². The molecule has 1 fully saturated rings. The molecule has 3 rings (SSSR count). The summed E-state index contributed by atoms with van der Waals surface area (Å²) < 4.78 is 0. The molecule has 1 aliphatic heterocycles. The zero-order chi connectivity index (χ0) is 13.2. The van der Waals surface area contributed by atoms with Crippen LogP contribution in [0, 0.1) is 17.2 Å². The van der Waals surface area contributed by atoms with E-state index in [-0.39, 0.29) is 5.91 Å². The number of carbonyl (C=O) groups is 1. The molecule has 1 aromatic carbocycles. The summed E-state index contributed by atoms with van der Waals surface area (Å²) >= 11 is 1.56. The molecule has 19 heavy (non-hydrogen) atoms. The van der Waals surface area contributed by atoms with Crippen LogP contribution in [0.3, 0.4) is 0 Å². The molecule has 1 saturated carbocycles. The number of thioether (sulfide) groups is 1. The lowest BCUT2D eigenvalue weighted by atomic mass is 10.0. The zero-order valence-electron chi connectivity index (χ0n) is 10.8. The number of carbonyl (C=O) groups excluding carboxylic acids is 1. The first kappa shape index (κ1) is 12.6. The third-order valence-corrected chi connectivity index (χ3v) is 4.55. The number of hydrogen-bond acceptors (Lipinski definition) is 3. The van der Waals surface area contributed by atoms with Gasteiger partial charge in [-0.15, -0.1) is 11.8 Å². The molecule has 0 spiro atoms. The molecule has 0 bridgehead atoms. The minimum Gasteiger partial charge on any atom is -0.312 e. The number of nitriles is 1. The first-order valence-corrected chi connectivity index (χ1v) is 7.69. The van der Waals surface area contributed by atoms with Crippen LogP contribution in [-0.4, -0.2) is 18.2 Å². The summed E-state index contributed by atoms with van der Waals surface area (Å²) in [6.07, 6.45) is 3.97. The lowest BCUT2D eigenvalue weighted by Crippen LogP contribution is -2.36. The highest BCUT2D eigenvalue weighted by atomic mass is 32.2. The van der Waals surface area contributed by atoms with E-state index < -0.39 is 0 Å². The summed E-state index contributed by atoms with van der Waals surface area (Å²) in [6, 6.07) is 8.36. The van der Waals surface area contributed by atoms with E-state index >= 15 is 0 Å². The predicted molar refractivity (Wildman–Crippen MR) is 76.2 cm³/mol. The number of rotatable bonds is 4. The summed E-state index contributed by atoms with van der Waals surface area (Å²) in [5.41, 5.74) is 2.34. The van der Waals surface area contributed by atoms with E-state index in [4.69, 9.17) is 5.26 Å². The van der Waals surface area contributed by atoms with Crippen molar-refractivity contribution in [2.24, 2.45) is 5.92 Å². The second kappa shape index (κ2) is 5.26. The van der Waals surface area contributed by atoms with Gasteiger partial charge in [0.2, 0.25) is 5.91 Å². The molecule has 0 aromatic heterocycles. The van der Waals surface area contributed by atoms with Gasteiger partial charge in [0.1, 0.15) is 0 Å². The number of hydrogen-bond donors (Lipinski definition) is 0. The Kier molecular flexibility index (Phi) is 3.48. The van der Waals surface area contributed by atoms with Crippen LogP contribution in [0.1, 0.15) is 24.8 Å². The highest BCUT2D eigenvalue weighted by Crippen LogP contribution is 2.36. The van der Waals surface area contributed by atoms with E-state index in [1.54, 1.807) is 11.8 Å². The van der Waals surface area contributed by atoms with Gasteiger partial charge in [0, 0.05) is 23.5 Å². The van der Waals surface area contributed by atoms with Gasteiger partial charge in [0.15, 0.2) is 0 Å². The first-order valence-electron chi connectivity index (χ1n) is 6.71. The smallest absolute Gasteiger partial charge is 0.227 e. The normalized spacial score (nSPS) is 18.1. The predicted octanol–water partition coefficient (Wildman–Crippen LogP) is 2.99. The van der Waals surface area contributed by atoms with Crippen molar-refractivity contribution >= 4 is 23.4 Å². The van der Waals surface area contributed by atoms with Gasteiger partial charge in [0.05, 0.1) is 11.8 Å². The average Bonchev–Trinajstić information content (AvgIpc) is 3.23. The summed E-state index contributed by atoms with van der Waals surface area (Å²) in [4.78, 5) is 15.1. The largest absolute Gasteiger partial charge is 0.312 e. The maximum atomic E-state index is 12.1. The third-order valence-electron chi connectivity index (χ3n) is 3.69. The maximum Gasteiger partial charge on any atom is 0.227 e. The van der Waals surface area contributed by atoms with Gasteiger partial charge in [-0.05, 0) is 48.9 Å². The quantitative estimate of drug-likeness (QED) is 0.791. The second-order valence-electron chi connectivity index (χ2n) is 5.19. The fraction of sp³-hybridized carbons (Fsp3) is 0.467. The fourth-order valence-electron chi connectivity index (χ4n) is 2.50. The van der Waals surface area contributed by atoms with Crippen molar-refractivity contribution in [2.75, 3.05) is 17.2 Å². The molecule has 4 heteroatoms. The number of anilines is 1. The number of aryl methyl sites for hydroxylation is 1. The topological polar surface area (TPSA) is 44.1 Å². The summed E-state index contributed by atoms with van der Waals surface area (Å²) in [7, 11) is 0. The van der Waals surface area contributed by atoms with E-state index in [1.165, 1.54) is 18.4 Å². The molecule has 3 nitrogen and oxygen atoms in total. The Morgan fingerprint density at radius 1 is 1.37 bits per heavy atom. The summed E-state index contributed by atoms with van der Waals surface area (Å²) in [6.45, 7) is 0.885. The van der Waals surface area contributed by atoms with Crippen LogP contribution in [-0.2, 0) is 11.2 Å². The Morgan fingerprint density at radius 2 is 2.21 bits per heavy atom. The van der Waals surface area contributed by atoms with E-state index in [9.17, 15) is 4.79 Å². The van der Waals surface area contributed by atoms with E-state index in [1.807, 2.05) is 11.0 Å². The van der Waals surface area contributed by atoms with Crippen LogP contribution in [0.5, 0.6) is 0 Å². The molecule has 1 amide bonds. The van der Waals surface area contributed by atoms with Crippen LogP contribution in [0.2, 0.25) is 0 Å². The molecule has 1 heterocycles. The Balaban J connectivity index is 1.83. The van der Waals surface area contributed by atoms with Gasteiger partial charge >= 0.3 is 0 Å². The minimum absolute atomic E-state index is 0.261. The maximum absolute atomic E-state index is 12.1. The monoisotopic (exact) mass is 272 g/mol. The zero-order valence-corrected chi connectivity index (χ0v) is 11.6. The Morgan fingerprint density at radius 3 is 2.95 bits per heavy atom. The van der Waals surface area contributed by atoms with Crippen molar-refractivity contribution in [1.29, 1.82) is 5.26 Å². The fourth-order valence-corrected chi connectivity index (χ4v) is 3.12. The van der Waals surface area contributed by atoms with Crippen molar-refractivity contribution in [2.45, 2.75) is 30.6 Å². The van der Waals surface area contributed by atoms with Crippen molar-refractivity contribution in [1.82, 2.24) is 0 Å². The Hall–Kier alpha value is -1.47. The van der Waals surface area contributed by atoms with Crippen molar-refractivity contribution in [3.05, 3.63) is 23.8 Å². The summed E-state index contributed by atoms with van der Waals surface area (Å²) in [5, 5.41) is 8.63. The van der Waals surface area contributed by atoms with Gasteiger partial charge in [-0.1, -0.05) is 0 Å². The Labute approximate surface area is 117 Å². The highest BCUT2D eigenvalue weighted by Gasteiger charge is 2.30. The SMILES string of the molecule is N#CCSc1ccc2c(c1)CCC(=O)N2CC1CC1. The van der Waals surface area contributed by atoms with Crippen LogP contribution in [0.15, 0.2) is 23.1 Å². The van der Waals surface area contributed by atoms with E-state index in [0.29, 0.717) is 18.1 Å². The highest BCUT2D eigenvalue weighted by molar-refractivity contribution is 7.99. The van der Waals surface area contributed by atoms with E-state index in [2.05, 4.69) is 18.2 Å². The molecular formula is C15H16N2OS. The standard InChI is InChI=1S/C15H16N2OS/c16-7-8-19-13-4-5-14-12(9-13)3-6-15(18)17(14)10-11-1-2-11/h4-5,9,11H,1-3,6,8,10H2. The molecule has 1 aromatic rings. The van der Waals surface area contributed by atoms with Crippen LogP contribution in [0.4, 0.5) is 5.69 Å². The molecule has 98 valence electrons. The van der Waals surface area contributed by atoms with Crippen molar-refractivity contribution in [3.63, 3.8) is 0 Å². The lowest BCUT2D eigenvalue weighted by molar-refractivity contribution is -0.118. The molecule has 2 aliphatic rings. The van der Waals surface area contributed by atoms with Crippen LogP contribution in [0.25, 0.3) is 0 Å². The molecule has 0 atom stereocenters. The van der Waals surface area contributed by atoms with Gasteiger partial charge in [0.25, 0.3) is 0 Å². The van der Waals surface area contributed by atoms with Crippen molar-refractivity contribution in [3.8, 4) is 6.07 Å². The first-order chi connectivity index (χ1) is 9.28. The Bertz CT molecular complexity index is 546. The molecule has 0 radical (unpaired) electrons. The average molecular weight is 272 g/mol. The number of fused-ring (bicyclic) bond motifs is 1.